The van der Waals surface area contributed by atoms with Gasteiger partial charge in [-0.2, -0.15) is 14.9 Å². The maximum atomic E-state index is 15.2. The molecule has 242 valence electrons. The number of carbonyl (C=O) groups is 1. The molecule has 3 N–H and O–H groups in total. The van der Waals surface area contributed by atoms with Gasteiger partial charge in [0.25, 0.3) is 11.5 Å². The number of aromatic nitrogens is 5. The van der Waals surface area contributed by atoms with Crippen LogP contribution in [0.5, 0.6) is 11.5 Å². The molecule has 0 bridgehead atoms. The summed E-state index contributed by atoms with van der Waals surface area (Å²) in [6, 6.07) is 11.1. The first-order chi connectivity index (χ1) is 21.3. The summed E-state index contributed by atoms with van der Waals surface area (Å²) in [5, 5.41) is 17.1. The van der Waals surface area contributed by atoms with Gasteiger partial charge in [0, 0.05) is 43.3 Å². The molecule has 1 aliphatic heterocycles. The molecule has 2 atom stereocenters. The second-order valence-corrected chi connectivity index (χ2v) is 10.2. The molecular weight excluding hydrogens is 648 g/mol. The van der Waals surface area contributed by atoms with E-state index in [1.54, 1.807) is 6.07 Å². The van der Waals surface area contributed by atoms with E-state index in [4.69, 9.17) is 4.74 Å². The number of likely N-dealkylation sites (tertiary alicyclic amines) is 1. The van der Waals surface area contributed by atoms with Crippen molar-refractivity contribution in [2.24, 2.45) is 0 Å². The summed E-state index contributed by atoms with van der Waals surface area (Å²) in [4.78, 5) is 32.1. The number of rotatable bonds is 8. The number of carbonyl (C=O) groups excluding carboxylic acids is 1. The summed E-state index contributed by atoms with van der Waals surface area (Å²) in [5.41, 5.74) is -0.272. The van der Waals surface area contributed by atoms with E-state index in [9.17, 15) is 18.4 Å². The van der Waals surface area contributed by atoms with Crippen molar-refractivity contribution in [3.05, 3.63) is 94.5 Å². The predicted octanol–water partition coefficient (Wildman–Crippen LogP) is 5.51. The number of nitrogens with zero attached hydrogens (tertiary/aromatic N) is 5. The van der Waals surface area contributed by atoms with E-state index in [1.165, 1.54) is 54.9 Å². The van der Waals surface area contributed by atoms with Gasteiger partial charge >= 0.3 is 0 Å². The fourth-order valence-electron chi connectivity index (χ4n) is 5.03. The number of alkyl halides is 1. The van der Waals surface area contributed by atoms with Crippen LogP contribution in [0.2, 0.25) is 0 Å². The number of amides is 1. The highest BCUT2D eigenvalue weighted by atomic mass is 35.5. The van der Waals surface area contributed by atoms with E-state index in [0.717, 1.165) is 23.8 Å². The van der Waals surface area contributed by atoms with Gasteiger partial charge in [-0.1, -0.05) is 6.92 Å². The fraction of sp³-hybridized carbons (Fsp3) is 0.233. The van der Waals surface area contributed by atoms with Crippen molar-refractivity contribution in [2.75, 3.05) is 30.3 Å². The lowest BCUT2D eigenvalue weighted by molar-refractivity contribution is 0.102. The molecule has 0 unspecified atom stereocenters. The van der Waals surface area contributed by atoms with Gasteiger partial charge in [0.15, 0.2) is 23.0 Å². The average molecular weight is 678 g/mol. The van der Waals surface area contributed by atoms with Crippen LogP contribution in [0.25, 0.3) is 16.7 Å². The number of pyridine rings is 1. The molecule has 2 aromatic carbocycles. The van der Waals surface area contributed by atoms with Gasteiger partial charge in [-0.05, 0) is 55.4 Å². The Bertz CT molecular complexity index is 1890. The highest BCUT2D eigenvalue weighted by molar-refractivity contribution is 6.04. The second kappa shape index (κ2) is 14.6. The topological polar surface area (TPSA) is 130 Å². The van der Waals surface area contributed by atoms with E-state index in [0.29, 0.717) is 29.8 Å². The lowest BCUT2D eigenvalue weighted by Gasteiger charge is -2.34. The molecule has 1 amide bonds. The van der Waals surface area contributed by atoms with E-state index in [1.807, 2.05) is 11.8 Å². The Kier molecular flexibility index (Phi) is 10.9. The summed E-state index contributed by atoms with van der Waals surface area (Å²) in [6.07, 6.45) is 2.21. The van der Waals surface area contributed by atoms with Gasteiger partial charge < -0.3 is 20.3 Å². The molecule has 11 nitrogen and oxygen atoms in total. The minimum atomic E-state index is -1.10. The molecule has 1 aliphatic rings. The van der Waals surface area contributed by atoms with Crippen LogP contribution in [0.3, 0.4) is 0 Å². The van der Waals surface area contributed by atoms with E-state index in [-0.39, 0.29) is 53.3 Å². The van der Waals surface area contributed by atoms with Crippen molar-refractivity contribution in [3.8, 4) is 17.2 Å². The minimum Gasteiger partial charge on any atom is -0.453 e. The molecule has 46 heavy (non-hydrogen) atoms. The standard InChI is InChI=1S/C30H27F3N8O3.2ClH/c1-2-40-14-11-23(22(33)16-40)37-28-26-25(10-12-34-27(26)38-39-28)44-24-8-5-18(15-21(24)32)36-29(42)20-9-13-35-41(30(20)43)19-6-3-17(31)4-7-19;;/h3-10,12-13,15,22-23H,2,11,14,16H2,1H3,(H,36,42)(H2,34,37,38,39);2*1H/t22-,23+;;/m1../s1. The summed E-state index contributed by atoms with van der Waals surface area (Å²) >= 11 is 0. The second-order valence-electron chi connectivity index (χ2n) is 10.2. The highest BCUT2D eigenvalue weighted by Crippen LogP contribution is 2.35. The molecule has 4 heterocycles. The average Bonchev–Trinajstić information content (AvgIpc) is 3.43. The molecule has 5 aromatic rings. The Morgan fingerprint density at radius 1 is 1.07 bits per heavy atom. The molecule has 6 rings (SSSR count). The van der Waals surface area contributed by atoms with Gasteiger partial charge in [0.2, 0.25) is 0 Å². The predicted molar refractivity (Wildman–Crippen MR) is 172 cm³/mol. The number of hydrogen-bond donors (Lipinski definition) is 3. The fourth-order valence-corrected chi connectivity index (χ4v) is 5.03. The normalized spacial score (nSPS) is 16.3. The first kappa shape index (κ1) is 34.2. The van der Waals surface area contributed by atoms with Gasteiger partial charge in [0.05, 0.1) is 11.7 Å². The number of H-pyrrole nitrogens is 1. The van der Waals surface area contributed by atoms with Crippen LogP contribution in [0, 0.1) is 11.6 Å². The molecule has 0 spiro atoms. The smallest absolute Gasteiger partial charge is 0.284 e. The molecule has 16 heteroatoms. The third-order valence-electron chi connectivity index (χ3n) is 7.39. The van der Waals surface area contributed by atoms with Crippen LogP contribution < -0.4 is 20.9 Å². The SMILES string of the molecule is CCN1CC[C@H](Nc2n[nH]c3nccc(Oc4ccc(NC(=O)c5ccnn(-c6ccc(F)cc6)c5=O)cc4F)c23)[C@H](F)C1.Cl.Cl. The van der Waals surface area contributed by atoms with Crippen molar-refractivity contribution in [2.45, 2.75) is 25.6 Å². The van der Waals surface area contributed by atoms with Crippen molar-refractivity contribution >= 4 is 53.3 Å². The summed E-state index contributed by atoms with van der Waals surface area (Å²) in [5.74, 6) is -1.64. The van der Waals surface area contributed by atoms with Crippen molar-refractivity contribution in [3.63, 3.8) is 0 Å². The largest absolute Gasteiger partial charge is 0.453 e. The Morgan fingerprint density at radius 2 is 1.85 bits per heavy atom. The summed E-state index contributed by atoms with van der Waals surface area (Å²) in [6.45, 7) is 3.83. The maximum Gasteiger partial charge on any atom is 0.284 e. The molecule has 0 saturated carbocycles. The number of anilines is 2. The summed E-state index contributed by atoms with van der Waals surface area (Å²) in [7, 11) is 0. The number of ether oxygens (including phenoxy) is 1. The molecule has 0 radical (unpaired) electrons. The summed E-state index contributed by atoms with van der Waals surface area (Å²) < 4.78 is 50.2. The van der Waals surface area contributed by atoms with E-state index in [2.05, 4.69) is 30.9 Å². The Morgan fingerprint density at radius 3 is 2.57 bits per heavy atom. The van der Waals surface area contributed by atoms with Gasteiger partial charge in [-0.25, -0.2) is 18.2 Å². The zero-order chi connectivity index (χ0) is 30.8. The van der Waals surface area contributed by atoms with Crippen LogP contribution >= 0.6 is 24.8 Å². The molecule has 0 aliphatic carbocycles. The number of nitrogens with one attached hydrogen (secondary N) is 3. The zero-order valence-corrected chi connectivity index (χ0v) is 25.9. The first-order valence-electron chi connectivity index (χ1n) is 13.9. The Balaban J connectivity index is 0.00000240. The van der Waals surface area contributed by atoms with Gasteiger partial charge in [-0.3, -0.25) is 14.7 Å². The first-order valence-corrected chi connectivity index (χ1v) is 13.9. The van der Waals surface area contributed by atoms with Crippen molar-refractivity contribution < 1.29 is 22.7 Å². The van der Waals surface area contributed by atoms with Crippen LogP contribution in [0.4, 0.5) is 24.7 Å². The van der Waals surface area contributed by atoms with Crippen LogP contribution in [-0.4, -0.2) is 67.6 Å². The number of halogens is 5. The maximum absolute atomic E-state index is 15.2. The Labute approximate surface area is 273 Å². The molecule has 1 fully saturated rings. The number of piperidine rings is 1. The number of fused-ring (bicyclic) bond motifs is 1. The lowest BCUT2D eigenvalue weighted by atomic mass is 10.0. The molecular formula is C30H29Cl2F3N8O3. The van der Waals surface area contributed by atoms with Crippen molar-refractivity contribution in [1.82, 2.24) is 29.9 Å². The number of hydrogen-bond acceptors (Lipinski definition) is 8. The van der Waals surface area contributed by atoms with Gasteiger partial charge in [0.1, 0.15) is 28.7 Å². The van der Waals surface area contributed by atoms with E-state index < -0.39 is 35.3 Å². The third kappa shape index (κ3) is 7.09. The zero-order valence-electron chi connectivity index (χ0n) is 24.2. The lowest BCUT2D eigenvalue weighted by Crippen LogP contribution is -2.47. The number of aromatic amines is 1. The third-order valence-corrected chi connectivity index (χ3v) is 7.39. The Hall–Kier alpha value is -4.66. The monoisotopic (exact) mass is 676 g/mol. The van der Waals surface area contributed by atoms with Crippen molar-refractivity contribution in [1.29, 1.82) is 0 Å². The van der Waals surface area contributed by atoms with Crippen LogP contribution in [0.15, 0.2) is 71.8 Å². The molecule has 3 aromatic heterocycles. The van der Waals surface area contributed by atoms with Crippen LogP contribution in [-0.2, 0) is 0 Å². The molecule has 1 saturated heterocycles. The van der Waals surface area contributed by atoms with Gasteiger partial charge in [-0.15, -0.1) is 24.8 Å². The quantitative estimate of drug-likeness (QED) is 0.196. The van der Waals surface area contributed by atoms with E-state index >= 15 is 4.39 Å². The van der Waals surface area contributed by atoms with Crippen LogP contribution in [0.1, 0.15) is 23.7 Å². The number of benzene rings is 2. The highest BCUT2D eigenvalue weighted by Gasteiger charge is 2.30. The minimum absolute atomic E-state index is 0.